The molecule has 1 aromatic heterocycles. The molecule has 274 valence electrons. The van der Waals surface area contributed by atoms with E-state index in [9.17, 15) is 18.8 Å². The van der Waals surface area contributed by atoms with E-state index in [1.165, 1.54) is 11.8 Å². The lowest BCUT2D eigenvalue weighted by atomic mass is 9.98. The number of benzene rings is 2. The second-order valence-electron chi connectivity index (χ2n) is 14.1. The lowest BCUT2D eigenvalue weighted by molar-refractivity contribution is -0.133. The van der Waals surface area contributed by atoms with Gasteiger partial charge in [0.1, 0.15) is 28.8 Å². The third-order valence-electron chi connectivity index (χ3n) is 10.5. The molecule has 1 atom stereocenters. The van der Waals surface area contributed by atoms with Crippen LogP contribution in [0.2, 0.25) is 0 Å². The summed E-state index contributed by atoms with van der Waals surface area (Å²) < 4.78 is 26.5. The number of carbonyl (C=O) groups is 2. The van der Waals surface area contributed by atoms with Gasteiger partial charge in [0.2, 0.25) is 11.8 Å². The highest BCUT2D eigenvalue weighted by Gasteiger charge is 2.27. The second kappa shape index (κ2) is 16.7. The summed E-state index contributed by atoms with van der Waals surface area (Å²) in [6, 6.07) is 10.8. The zero-order chi connectivity index (χ0) is 35.2. The smallest absolute Gasteiger partial charge is 0.261 e. The molecular weight excluding hydrogens is 674 g/mol. The summed E-state index contributed by atoms with van der Waals surface area (Å²) in [6.07, 6.45) is 4.90. The molecule has 7 rings (SSSR count). The molecule has 0 saturated carbocycles. The maximum atomic E-state index is 15.0. The topological polar surface area (TPSA) is 132 Å². The average Bonchev–Trinajstić information content (AvgIpc) is 3.14. The van der Waals surface area contributed by atoms with Crippen LogP contribution in [0.4, 0.5) is 15.8 Å². The van der Waals surface area contributed by atoms with Gasteiger partial charge in [0, 0.05) is 87.7 Å². The number of fused-ring (bicyclic) bond motifs is 1. The molecule has 0 radical (unpaired) electrons. The van der Waals surface area contributed by atoms with Crippen molar-refractivity contribution in [3.63, 3.8) is 0 Å². The van der Waals surface area contributed by atoms with Crippen LogP contribution in [-0.2, 0) is 20.1 Å². The van der Waals surface area contributed by atoms with Gasteiger partial charge < -0.3 is 29.6 Å². The number of hydrogen-bond acceptors (Lipinski definition) is 11. The zero-order valence-electron chi connectivity index (χ0n) is 29.0. The predicted molar refractivity (Wildman–Crippen MR) is 197 cm³/mol. The number of hydrogen-bond donors (Lipinski definition) is 3. The van der Waals surface area contributed by atoms with Gasteiger partial charge in [-0.05, 0) is 75.4 Å². The number of ether oxygens (including phenoxy) is 2. The van der Waals surface area contributed by atoms with E-state index in [-0.39, 0.29) is 23.2 Å². The molecule has 51 heavy (non-hydrogen) atoms. The molecule has 2 amide bonds. The third kappa shape index (κ3) is 9.39. The summed E-state index contributed by atoms with van der Waals surface area (Å²) in [5.74, 6) is 0.870. The van der Waals surface area contributed by atoms with Crippen molar-refractivity contribution in [3.8, 4) is 5.75 Å². The number of carbonyl (C=O) groups excluding carboxylic acids is 2. The highest BCUT2D eigenvalue weighted by atomic mass is 32.2. The zero-order valence-corrected chi connectivity index (χ0v) is 29.9. The number of thioether (sulfide) groups is 1. The van der Waals surface area contributed by atoms with Gasteiger partial charge in [-0.1, -0.05) is 0 Å². The van der Waals surface area contributed by atoms with Gasteiger partial charge in [-0.15, -0.1) is 0 Å². The Morgan fingerprint density at radius 1 is 0.922 bits per heavy atom. The van der Waals surface area contributed by atoms with Gasteiger partial charge in [-0.3, -0.25) is 24.6 Å². The molecule has 4 aliphatic rings. The number of nitrogens with zero attached hydrogens (tertiary/aromatic N) is 4. The molecule has 4 fully saturated rings. The number of anilines is 2. The number of rotatable bonds is 12. The Bertz CT molecular complexity index is 1720. The van der Waals surface area contributed by atoms with Crippen molar-refractivity contribution in [2.75, 3.05) is 82.4 Å². The van der Waals surface area contributed by atoms with Crippen LogP contribution in [-0.4, -0.2) is 115 Å². The molecule has 5 heterocycles. The Balaban J connectivity index is 0.810. The molecule has 3 N–H and O–H groups in total. The van der Waals surface area contributed by atoms with Gasteiger partial charge in [-0.2, -0.15) is 11.8 Å². The summed E-state index contributed by atoms with van der Waals surface area (Å²) in [5, 5.41) is 6.09. The number of aromatic nitrogens is 2. The van der Waals surface area contributed by atoms with Crippen molar-refractivity contribution in [3.05, 3.63) is 58.4 Å². The third-order valence-corrected chi connectivity index (χ3v) is 11.9. The number of likely N-dealkylation sites (tertiary alicyclic amines) is 1. The molecule has 0 spiro atoms. The molecule has 4 aliphatic heterocycles. The lowest BCUT2D eigenvalue weighted by Gasteiger charge is -2.38. The van der Waals surface area contributed by atoms with E-state index in [1.807, 2.05) is 12.1 Å². The predicted octanol–water partition coefficient (Wildman–Crippen LogP) is 3.60. The van der Waals surface area contributed by atoms with Crippen molar-refractivity contribution in [1.82, 2.24) is 25.1 Å². The summed E-state index contributed by atoms with van der Waals surface area (Å²) in [4.78, 5) is 51.0. The highest BCUT2D eigenvalue weighted by molar-refractivity contribution is 7.99. The van der Waals surface area contributed by atoms with Crippen molar-refractivity contribution in [1.29, 1.82) is 0 Å². The minimum atomic E-state index is -0.604. The lowest BCUT2D eigenvalue weighted by Crippen LogP contribution is -2.49. The van der Waals surface area contributed by atoms with E-state index in [2.05, 4.69) is 47.4 Å². The molecule has 3 aromatic rings. The maximum Gasteiger partial charge on any atom is 0.261 e. The van der Waals surface area contributed by atoms with Crippen LogP contribution in [0, 0.1) is 11.7 Å². The Morgan fingerprint density at radius 2 is 1.65 bits per heavy atom. The van der Waals surface area contributed by atoms with Gasteiger partial charge in [0.25, 0.3) is 5.56 Å². The van der Waals surface area contributed by atoms with E-state index >= 15 is 0 Å². The first-order valence-electron chi connectivity index (χ1n) is 18.3. The normalized spacial score (nSPS) is 21.6. The van der Waals surface area contributed by atoms with E-state index in [0.717, 1.165) is 96.9 Å². The van der Waals surface area contributed by atoms with E-state index in [4.69, 9.17) is 9.47 Å². The summed E-state index contributed by atoms with van der Waals surface area (Å²) in [7, 11) is 0. The number of aromatic amines is 1. The second-order valence-corrected chi connectivity index (χ2v) is 15.3. The number of halogens is 1. The number of piperazine rings is 1. The van der Waals surface area contributed by atoms with Crippen LogP contribution in [0.15, 0.2) is 41.2 Å². The van der Waals surface area contributed by atoms with Crippen molar-refractivity contribution in [2.24, 2.45) is 5.92 Å². The fraction of sp³-hybridized carbons (Fsp3) is 0.568. The molecule has 2 aromatic carbocycles. The first-order chi connectivity index (χ1) is 24.9. The Kier molecular flexibility index (Phi) is 11.7. The Labute approximate surface area is 301 Å². The van der Waals surface area contributed by atoms with E-state index in [0.29, 0.717) is 53.5 Å². The molecule has 1 unspecified atom stereocenters. The number of H-pyrrole nitrogens is 1. The molecule has 12 nitrogen and oxygen atoms in total. The van der Waals surface area contributed by atoms with Crippen LogP contribution >= 0.6 is 11.8 Å². The fourth-order valence-electron chi connectivity index (χ4n) is 7.34. The molecule has 14 heteroatoms. The molecule has 0 aliphatic carbocycles. The summed E-state index contributed by atoms with van der Waals surface area (Å²) in [6.45, 7) is 10.1. The molecular formula is C37H48FN7O5S. The fourth-order valence-corrected chi connectivity index (χ4v) is 8.40. The van der Waals surface area contributed by atoms with Crippen LogP contribution < -0.4 is 25.8 Å². The standard InChI is InChI=1S/C37H48FN7O5S/c38-30-21-28(22-32-35(30)37(48)41-33(40-32)24-51-29-9-19-49-20-10-29)50-23-25-7-11-43(12-8-25)13-14-44-15-17-45(18-16-44)27-3-1-26(2-4-27)39-31-5-6-34(46)42-36(31)47/h1-4,21-22,25,29,31,39H,5-20,23-24H2,(H,40,41,48)(H,42,46,47). The molecule has 4 saturated heterocycles. The minimum Gasteiger partial charge on any atom is -0.493 e. The van der Waals surface area contributed by atoms with Crippen molar-refractivity contribution in [2.45, 2.75) is 55.6 Å². The van der Waals surface area contributed by atoms with Gasteiger partial charge in [0.05, 0.1) is 17.9 Å². The highest BCUT2D eigenvalue weighted by Crippen LogP contribution is 2.27. The SMILES string of the molecule is O=C1CCC(Nc2ccc(N3CCN(CCN4CCC(COc5cc(F)c6c(=O)[nH]c(CSC7CCOCC7)nc6c5)CC4)CC3)cc2)C(=O)N1. The van der Waals surface area contributed by atoms with Gasteiger partial charge in [0.15, 0.2) is 0 Å². The number of imide groups is 1. The first-order valence-corrected chi connectivity index (χ1v) is 19.4. The van der Waals surface area contributed by atoms with Crippen molar-refractivity contribution >= 4 is 45.9 Å². The van der Waals surface area contributed by atoms with Crippen LogP contribution in [0.1, 0.15) is 44.3 Å². The largest absolute Gasteiger partial charge is 0.493 e. The number of nitrogens with one attached hydrogen (secondary N) is 3. The minimum absolute atomic E-state index is 0.0212. The summed E-state index contributed by atoms with van der Waals surface area (Å²) >= 11 is 1.76. The van der Waals surface area contributed by atoms with Crippen LogP contribution in [0.25, 0.3) is 10.9 Å². The molecule has 0 bridgehead atoms. The van der Waals surface area contributed by atoms with E-state index in [1.54, 1.807) is 17.8 Å². The van der Waals surface area contributed by atoms with Gasteiger partial charge >= 0.3 is 0 Å². The van der Waals surface area contributed by atoms with Crippen LogP contribution in [0.5, 0.6) is 5.75 Å². The number of piperidine rings is 2. The number of amides is 2. The summed E-state index contributed by atoms with van der Waals surface area (Å²) in [5.41, 5.74) is 1.94. The first kappa shape index (κ1) is 35.7. The van der Waals surface area contributed by atoms with Crippen molar-refractivity contribution < 1.29 is 23.5 Å². The Hall–Kier alpha value is -3.72. The Morgan fingerprint density at radius 3 is 2.37 bits per heavy atom. The maximum absolute atomic E-state index is 15.0. The quantitative estimate of drug-likeness (QED) is 0.237. The van der Waals surface area contributed by atoms with E-state index < -0.39 is 11.4 Å². The average molecular weight is 722 g/mol. The van der Waals surface area contributed by atoms with Gasteiger partial charge in [-0.25, -0.2) is 9.37 Å². The van der Waals surface area contributed by atoms with Crippen LogP contribution in [0.3, 0.4) is 0 Å². The monoisotopic (exact) mass is 721 g/mol.